The van der Waals surface area contributed by atoms with Gasteiger partial charge in [-0.3, -0.25) is 0 Å². The van der Waals surface area contributed by atoms with E-state index in [4.69, 9.17) is 5.73 Å². The molecule has 0 fully saturated rings. The Morgan fingerprint density at radius 1 is 1.07 bits per heavy atom. The Labute approximate surface area is 90.1 Å². The molecule has 0 aromatic heterocycles. The Bertz CT molecular complexity index is 463. The Morgan fingerprint density at radius 3 is 2.60 bits per heavy atom. The molecule has 0 aliphatic heterocycles. The summed E-state index contributed by atoms with van der Waals surface area (Å²) in [4.78, 5) is 0. The monoisotopic (exact) mass is 200 g/mol. The Kier molecular flexibility index (Phi) is 2.99. The van der Waals surface area contributed by atoms with Crippen LogP contribution < -0.4 is 11.1 Å². The maximum absolute atomic E-state index is 5.40. The van der Waals surface area contributed by atoms with Crippen LogP contribution in [0.25, 0.3) is 10.8 Å². The molecule has 2 rings (SSSR count). The first kappa shape index (κ1) is 10.1. The van der Waals surface area contributed by atoms with E-state index in [0.717, 1.165) is 6.54 Å². The molecule has 2 heteroatoms. The van der Waals surface area contributed by atoms with Crippen LogP contribution in [-0.4, -0.2) is 6.67 Å². The second-order valence-electron chi connectivity index (χ2n) is 3.82. The van der Waals surface area contributed by atoms with Crippen LogP contribution in [0.5, 0.6) is 0 Å². The van der Waals surface area contributed by atoms with E-state index < -0.39 is 0 Å². The fourth-order valence-electron chi connectivity index (χ4n) is 1.74. The molecule has 0 atom stereocenters. The third-order valence-electron chi connectivity index (χ3n) is 2.53. The van der Waals surface area contributed by atoms with E-state index in [1.807, 2.05) is 0 Å². The molecule has 0 saturated heterocycles. The molecule has 0 aliphatic rings. The van der Waals surface area contributed by atoms with Gasteiger partial charge in [-0.25, -0.2) is 0 Å². The van der Waals surface area contributed by atoms with E-state index in [1.165, 1.54) is 21.9 Å². The minimum Gasteiger partial charge on any atom is -0.318 e. The highest BCUT2D eigenvalue weighted by Crippen LogP contribution is 2.17. The zero-order valence-electron chi connectivity index (χ0n) is 8.96. The van der Waals surface area contributed by atoms with Crippen molar-refractivity contribution >= 4 is 10.8 Å². The van der Waals surface area contributed by atoms with Crippen LogP contribution in [0.15, 0.2) is 36.4 Å². The molecule has 0 saturated carbocycles. The topological polar surface area (TPSA) is 38.0 Å². The van der Waals surface area contributed by atoms with Gasteiger partial charge in [0.15, 0.2) is 0 Å². The number of fused-ring (bicyclic) bond motifs is 1. The highest BCUT2D eigenvalue weighted by atomic mass is 14.9. The molecule has 0 aliphatic carbocycles. The van der Waals surface area contributed by atoms with Gasteiger partial charge < -0.3 is 11.1 Å². The van der Waals surface area contributed by atoms with Crippen molar-refractivity contribution in [3.8, 4) is 0 Å². The average molecular weight is 200 g/mol. The SMILES string of the molecule is Cc1ccc2cc(CNCN)ccc2c1. The average Bonchev–Trinajstić information content (AvgIpc) is 2.26. The minimum atomic E-state index is 0.520. The number of hydrogen-bond donors (Lipinski definition) is 2. The van der Waals surface area contributed by atoms with Crippen LogP contribution in [0.3, 0.4) is 0 Å². The van der Waals surface area contributed by atoms with E-state index in [-0.39, 0.29) is 0 Å². The largest absolute Gasteiger partial charge is 0.318 e. The molecule has 15 heavy (non-hydrogen) atoms. The third kappa shape index (κ3) is 2.35. The standard InChI is InChI=1S/C13H16N2/c1-10-2-4-13-7-11(8-15-9-14)3-5-12(13)6-10/h2-7,15H,8-9,14H2,1H3. The molecule has 0 heterocycles. The maximum Gasteiger partial charge on any atom is 0.0431 e. The molecular weight excluding hydrogens is 184 g/mol. The Morgan fingerprint density at radius 2 is 1.80 bits per heavy atom. The van der Waals surface area contributed by atoms with Gasteiger partial charge in [0.05, 0.1) is 0 Å². The summed E-state index contributed by atoms with van der Waals surface area (Å²) in [6, 6.07) is 13.0. The second-order valence-corrected chi connectivity index (χ2v) is 3.82. The highest BCUT2D eigenvalue weighted by Gasteiger charge is 1.96. The molecule has 0 radical (unpaired) electrons. The number of nitrogens with one attached hydrogen (secondary N) is 1. The summed E-state index contributed by atoms with van der Waals surface area (Å²) >= 11 is 0. The minimum absolute atomic E-state index is 0.520. The van der Waals surface area contributed by atoms with Crippen molar-refractivity contribution in [2.24, 2.45) is 5.73 Å². The van der Waals surface area contributed by atoms with Crippen molar-refractivity contribution in [2.75, 3.05) is 6.67 Å². The summed E-state index contributed by atoms with van der Waals surface area (Å²) in [7, 11) is 0. The lowest BCUT2D eigenvalue weighted by Gasteiger charge is -2.04. The van der Waals surface area contributed by atoms with Gasteiger partial charge >= 0.3 is 0 Å². The number of hydrogen-bond acceptors (Lipinski definition) is 2. The predicted molar refractivity (Wildman–Crippen MR) is 64.6 cm³/mol. The zero-order chi connectivity index (χ0) is 10.7. The van der Waals surface area contributed by atoms with Gasteiger partial charge in [-0.2, -0.15) is 0 Å². The molecule has 0 spiro atoms. The fourth-order valence-corrected chi connectivity index (χ4v) is 1.74. The van der Waals surface area contributed by atoms with Crippen LogP contribution >= 0.6 is 0 Å². The van der Waals surface area contributed by atoms with Gasteiger partial charge in [0.25, 0.3) is 0 Å². The van der Waals surface area contributed by atoms with Crippen molar-refractivity contribution in [1.82, 2.24) is 5.32 Å². The summed E-state index contributed by atoms with van der Waals surface area (Å²) in [5, 5.41) is 5.70. The summed E-state index contributed by atoms with van der Waals surface area (Å²) in [6.07, 6.45) is 0. The highest BCUT2D eigenvalue weighted by molar-refractivity contribution is 5.83. The lowest BCUT2D eigenvalue weighted by atomic mass is 10.0. The van der Waals surface area contributed by atoms with Gasteiger partial charge in [0.2, 0.25) is 0 Å². The van der Waals surface area contributed by atoms with Crippen LogP contribution in [-0.2, 0) is 6.54 Å². The number of aryl methyl sites for hydroxylation is 1. The second kappa shape index (κ2) is 4.43. The molecule has 0 bridgehead atoms. The molecule has 0 amide bonds. The van der Waals surface area contributed by atoms with Crippen molar-refractivity contribution < 1.29 is 0 Å². The van der Waals surface area contributed by atoms with Gasteiger partial charge in [-0.1, -0.05) is 35.9 Å². The number of nitrogens with two attached hydrogens (primary N) is 1. The van der Waals surface area contributed by atoms with E-state index in [1.54, 1.807) is 0 Å². The van der Waals surface area contributed by atoms with Crippen LogP contribution in [0.1, 0.15) is 11.1 Å². The molecule has 3 N–H and O–H groups in total. The van der Waals surface area contributed by atoms with E-state index in [9.17, 15) is 0 Å². The molecule has 78 valence electrons. The fraction of sp³-hybridized carbons (Fsp3) is 0.231. The summed E-state index contributed by atoms with van der Waals surface area (Å²) in [6.45, 7) is 3.47. The molecule has 2 nitrogen and oxygen atoms in total. The lowest BCUT2D eigenvalue weighted by Crippen LogP contribution is -2.21. The van der Waals surface area contributed by atoms with Crippen LogP contribution in [0, 0.1) is 6.92 Å². The summed E-state index contributed by atoms with van der Waals surface area (Å²) < 4.78 is 0. The van der Waals surface area contributed by atoms with Crippen molar-refractivity contribution in [3.63, 3.8) is 0 Å². The van der Waals surface area contributed by atoms with Crippen molar-refractivity contribution in [1.29, 1.82) is 0 Å². The van der Waals surface area contributed by atoms with Gasteiger partial charge in [-0.15, -0.1) is 0 Å². The Balaban J connectivity index is 2.34. The van der Waals surface area contributed by atoms with Gasteiger partial charge in [0, 0.05) is 13.2 Å². The smallest absolute Gasteiger partial charge is 0.0431 e. The first-order chi connectivity index (χ1) is 7.29. The number of benzene rings is 2. The first-order valence-electron chi connectivity index (χ1n) is 5.19. The van der Waals surface area contributed by atoms with Crippen LogP contribution in [0.4, 0.5) is 0 Å². The number of rotatable bonds is 3. The molecule has 0 unspecified atom stereocenters. The van der Waals surface area contributed by atoms with E-state index in [2.05, 4.69) is 48.6 Å². The quantitative estimate of drug-likeness (QED) is 0.745. The normalized spacial score (nSPS) is 10.8. The van der Waals surface area contributed by atoms with E-state index in [0.29, 0.717) is 6.67 Å². The predicted octanol–water partition coefficient (Wildman–Crippen LogP) is 2.15. The first-order valence-corrected chi connectivity index (χ1v) is 5.19. The van der Waals surface area contributed by atoms with Crippen molar-refractivity contribution in [3.05, 3.63) is 47.5 Å². The summed E-state index contributed by atoms with van der Waals surface area (Å²) in [5.74, 6) is 0. The zero-order valence-corrected chi connectivity index (χ0v) is 8.96. The van der Waals surface area contributed by atoms with E-state index >= 15 is 0 Å². The third-order valence-corrected chi connectivity index (χ3v) is 2.53. The maximum atomic E-state index is 5.40. The lowest BCUT2D eigenvalue weighted by molar-refractivity contribution is 0.709. The summed E-state index contributed by atoms with van der Waals surface area (Å²) in [5.41, 5.74) is 7.97. The van der Waals surface area contributed by atoms with Gasteiger partial charge in [-0.05, 0) is 29.3 Å². The molecule has 2 aromatic carbocycles. The van der Waals surface area contributed by atoms with Crippen LogP contribution in [0.2, 0.25) is 0 Å². The molecular formula is C13H16N2. The van der Waals surface area contributed by atoms with Gasteiger partial charge in [0.1, 0.15) is 0 Å². The molecule has 2 aromatic rings. The van der Waals surface area contributed by atoms with Crippen molar-refractivity contribution in [2.45, 2.75) is 13.5 Å². The Hall–Kier alpha value is -1.38.